The van der Waals surface area contributed by atoms with E-state index in [2.05, 4.69) is 25.7 Å². The lowest BCUT2D eigenvalue weighted by atomic mass is 10.0. The van der Waals surface area contributed by atoms with Gasteiger partial charge in [0.1, 0.15) is 40.7 Å². The first-order chi connectivity index (χ1) is 16.1. The van der Waals surface area contributed by atoms with Crippen LogP contribution >= 0.6 is 11.6 Å². The second-order valence-electron chi connectivity index (χ2n) is 8.66. The van der Waals surface area contributed by atoms with E-state index in [1.165, 1.54) is 0 Å². The number of fused-ring (bicyclic) bond motifs is 2. The van der Waals surface area contributed by atoms with Gasteiger partial charge in [0, 0.05) is 12.1 Å². The van der Waals surface area contributed by atoms with Crippen LogP contribution in [0.25, 0.3) is 16.9 Å². The number of hydrogen-bond donors (Lipinski definition) is 2. The van der Waals surface area contributed by atoms with E-state index in [4.69, 9.17) is 16.3 Å². The van der Waals surface area contributed by atoms with Crippen LogP contribution in [0.2, 0.25) is 5.15 Å². The number of nitrogens with one attached hydrogen (secondary N) is 2. The zero-order valence-corrected chi connectivity index (χ0v) is 18.6. The molecule has 1 aliphatic carbocycles. The Morgan fingerprint density at radius 1 is 1.15 bits per heavy atom. The highest BCUT2D eigenvalue weighted by atomic mass is 35.5. The van der Waals surface area contributed by atoms with E-state index in [1.807, 2.05) is 0 Å². The summed E-state index contributed by atoms with van der Waals surface area (Å²) in [7, 11) is 0. The Morgan fingerprint density at radius 2 is 1.79 bits per heavy atom. The van der Waals surface area contributed by atoms with Crippen molar-refractivity contribution < 1.29 is 26.7 Å². The molecule has 182 valence electrons. The molecule has 3 heterocycles. The summed E-state index contributed by atoms with van der Waals surface area (Å²) in [4.78, 5) is 7.73. The maximum Gasteiger partial charge on any atom is 0.408 e. The summed E-state index contributed by atoms with van der Waals surface area (Å²) < 4.78 is 77.0. The molecule has 7 nitrogen and oxygen atoms in total. The molecule has 34 heavy (non-hydrogen) atoms. The highest BCUT2D eigenvalue weighted by Gasteiger charge is 2.39. The first kappa shape index (κ1) is 23.0. The molecular formula is C21H20ClF5N6O. The van der Waals surface area contributed by atoms with Crippen molar-refractivity contribution in [3.8, 4) is 16.9 Å². The summed E-state index contributed by atoms with van der Waals surface area (Å²) in [5.41, 5.74) is -1.05. The van der Waals surface area contributed by atoms with Crippen molar-refractivity contribution in [2.24, 2.45) is 11.8 Å². The van der Waals surface area contributed by atoms with E-state index in [0.29, 0.717) is 11.8 Å². The van der Waals surface area contributed by atoms with Gasteiger partial charge in [-0.05, 0) is 44.7 Å². The minimum absolute atomic E-state index is 0.000710. The van der Waals surface area contributed by atoms with Crippen LogP contribution in [0.15, 0.2) is 18.5 Å². The first-order valence-electron chi connectivity index (χ1n) is 10.7. The van der Waals surface area contributed by atoms with Gasteiger partial charge < -0.3 is 15.4 Å². The molecule has 0 bridgehead atoms. The molecule has 1 aliphatic heterocycles. The standard InChI is InChI=1S/C21H20ClF5N6O/c1-9(21(25,26)27)31-19-17(18(22)32-20-29-8-30-33(19)20)16-14(23)4-13(5-15(16)24)34-12-2-10-6-28-7-11(10)3-12/h4-5,8-12,28,31H,2-3,6-7H2,1H3/t9-,10-,11+,12?/m0/s1. The number of halogens is 6. The highest BCUT2D eigenvalue weighted by molar-refractivity contribution is 6.33. The summed E-state index contributed by atoms with van der Waals surface area (Å²) in [6.07, 6.45) is -2.20. The van der Waals surface area contributed by atoms with Crippen LogP contribution < -0.4 is 15.4 Å². The Bertz CT molecular complexity index is 1200. The Morgan fingerprint density at radius 3 is 2.41 bits per heavy atom. The number of nitrogens with zero attached hydrogens (tertiary/aromatic N) is 4. The van der Waals surface area contributed by atoms with E-state index >= 15 is 8.78 Å². The van der Waals surface area contributed by atoms with E-state index < -0.39 is 40.1 Å². The van der Waals surface area contributed by atoms with Crippen LogP contribution in [0.1, 0.15) is 19.8 Å². The number of rotatable bonds is 5. The molecule has 2 aliphatic rings. The monoisotopic (exact) mass is 502 g/mol. The predicted octanol–water partition coefficient (Wildman–Crippen LogP) is 4.46. The lowest BCUT2D eigenvalue weighted by Gasteiger charge is -2.22. The smallest absolute Gasteiger partial charge is 0.408 e. The van der Waals surface area contributed by atoms with Gasteiger partial charge in [0.25, 0.3) is 5.78 Å². The lowest BCUT2D eigenvalue weighted by Crippen LogP contribution is -2.34. The minimum Gasteiger partial charge on any atom is -0.490 e. The van der Waals surface area contributed by atoms with Crippen molar-refractivity contribution in [2.75, 3.05) is 18.4 Å². The van der Waals surface area contributed by atoms with Crippen LogP contribution in [-0.4, -0.2) is 51.0 Å². The molecule has 3 aromatic rings. The summed E-state index contributed by atoms with van der Waals surface area (Å²) in [5, 5.41) is 8.93. The minimum atomic E-state index is -4.65. The Kier molecular flexibility index (Phi) is 5.75. The zero-order valence-electron chi connectivity index (χ0n) is 17.8. The van der Waals surface area contributed by atoms with Crippen molar-refractivity contribution in [3.05, 3.63) is 35.2 Å². The van der Waals surface area contributed by atoms with Gasteiger partial charge in [-0.3, -0.25) is 0 Å². The average Bonchev–Trinajstić information content (AvgIpc) is 3.44. The molecule has 0 radical (unpaired) electrons. The van der Waals surface area contributed by atoms with Gasteiger partial charge in [-0.2, -0.15) is 32.8 Å². The Balaban J connectivity index is 1.53. The average molecular weight is 503 g/mol. The molecule has 4 atom stereocenters. The third-order valence-electron chi connectivity index (χ3n) is 6.41. The summed E-state index contributed by atoms with van der Waals surface area (Å²) in [5.74, 6) is -1.68. The molecule has 1 unspecified atom stereocenters. The molecule has 2 aromatic heterocycles. The van der Waals surface area contributed by atoms with Gasteiger partial charge in [-0.1, -0.05) is 11.6 Å². The number of benzene rings is 1. The summed E-state index contributed by atoms with van der Waals surface area (Å²) in [6.45, 7) is 2.65. The Hall–Kier alpha value is -2.73. The fourth-order valence-electron chi connectivity index (χ4n) is 4.71. The number of hydrogen-bond acceptors (Lipinski definition) is 6. The molecule has 1 aromatic carbocycles. The van der Waals surface area contributed by atoms with Gasteiger partial charge in [0.05, 0.1) is 17.2 Å². The van der Waals surface area contributed by atoms with Crippen LogP contribution in [0, 0.1) is 23.5 Å². The number of alkyl halides is 3. The van der Waals surface area contributed by atoms with Gasteiger partial charge in [0.15, 0.2) is 0 Å². The van der Waals surface area contributed by atoms with E-state index in [0.717, 1.165) is 55.8 Å². The molecule has 0 amide bonds. The zero-order chi connectivity index (χ0) is 24.2. The third-order valence-corrected chi connectivity index (χ3v) is 6.68. The predicted molar refractivity (Wildman–Crippen MR) is 114 cm³/mol. The highest BCUT2D eigenvalue weighted by Crippen LogP contribution is 2.41. The fourth-order valence-corrected chi connectivity index (χ4v) is 4.97. The van der Waals surface area contributed by atoms with Crippen molar-refractivity contribution in [3.63, 3.8) is 0 Å². The number of aromatic nitrogens is 4. The number of anilines is 1. The topological polar surface area (TPSA) is 76.4 Å². The van der Waals surface area contributed by atoms with Gasteiger partial charge >= 0.3 is 6.18 Å². The van der Waals surface area contributed by atoms with Gasteiger partial charge in [-0.15, -0.1) is 0 Å². The normalized spacial score (nSPS) is 23.3. The van der Waals surface area contributed by atoms with Crippen molar-refractivity contribution in [2.45, 2.75) is 38.1 Å². The van der Waals surface area contributed by atoms with Crippen molar-refractivity contribution in [1.29, 1.82) is 0 Å². The van der Waals surface area contributed by atoms with Gasteiger partial charge in [-0.25, -0.2) is 8.78 Å². The Labute approximate surface area is 195 Å². The van der Waals surface area contributed by atoms with Crippen LogP contribution in [0.4, 0.5) is 27.8 Å². The maximum atomic E-state index is 15.2. The first-order valence-corrected chi connectivity index (χ1v) is 11.1. The van der Waals surface area contributed by atoms with Gasteiger partial charge in [0.2, 0.25) is 0 Å². The quantitative estimate of drug-likeness (QED) is 0.396. The molecule has 1 saturated heterocycles. The van der Waals surface area contributed by atoms with Crippen molar-refractivity contribution in [1.82, 2.24) is 24.9 Å². The van der Waals surface area contributed by atoms with E-state index in [-0.39, 0.29) is 23.4 Å². The summed E-state index contributed by atoms with van der Waals surface area (Å²) in [6, 6.07) is -0.0742. The second-order valence-corrected chi connectivity index (χ2v) is 9.02. The summed E-state index contributed by atoms with van der Waals surface area (Å²) >= 11 is 6.19. The number of ether oxygens (including phenoxy) is 1. The SMILES string of the molecule is C[C@H](Nc1c(-c2c(F)cc(OC3C[C@H]4CNC[C@H]4C3)cc2F)c(Cl)nc2ncnn12)C(F)(F)F. The molecule has 1 saturated carbocycles. The van der Waals surface area contributed by atoms with E-state index in [9.17, 15) is 13.2 Å². The van der Waals surface area contributed by atoms with Crippen molar-refractivity contribution >= 4 is 23.2 Å². The lowest BCUT2D eigenvalue weighted by molar-refractivity contribution is -0.138. The third kappa shape index (κ3) is 4.13. The van der Waals surface area contributed by atoms with E-state index in [1.54, 1.807) is 0 Å². The largest absolute Gasteiger partial charge is 0.490 e. The maximum absolute atomic E-state index is 15.2. The van der Waals surface area contributed by atoms with Crippen LogP contribution in [-0.2, 0) is 0 Å². The molecule has 2 N–H and O–H groups in total. The molecular weight excluding hydrogens is 483 g/mol. The second kappa shape index (κ2) is 8.49. The van der Waals surface area contributed by atoms with Crippen LogP contribution in [0.3, 0.4) is 0 Å². The molecule has 2 fully saturated rings. The fraction of sp³-hybridized carbons (Fsp3) is 0.476. The molecule has 5 rings (SSSR count). The molecule has 0 spiro atoms. The molecule has 13 heteroatoms. The van der Waals surface area contributed by atoms with Crippen LogP contribution in [0.5, 0.6) is 5.75 Å².